The van der Waals surface area contributed by atoms with Crippen LogP contribution in [0, 0.1) is 29.6 Å². The van der Waals surface area contributed by atoms with E-state index in [1.165, 1.54) is 70.6 Å². The molecule has 0 radical (unpaired) electrons. The van der Waals surface area contributed by atoms with Gasteiger partial charge >= 0.3 is 5.97 Å². The van der Waals surface area contributed by atoms with Crippen molar-refractivity contribution in [3.05, 3.63) is 0 Å². The maximum atomic E-state index is 11.6. The third-order valence-electron chi connectivity index (χ3n) is 7.65. The Hall–Kier alpha value is -0.530. The molecule has 0 aromatic heterocycles. The van der Waals surface area contributed by atoms with E-state index >= 15 is 0 Å². The molecule has 0 heterocycles. The number of hydrogen-bond donors (Lipinski definition) is 0. The fourth-order valence-electron chi connectivity index (χ4n) is 6.35. The van der Waals surface area contributed by atoms with E-state index in [1.54, 1.807) is 0 Å². The van der Waals surface area contributed by atoms with Gasteiger partial charge in [-0.15, -0.1) is 0 Å². The number of rotatable bonds is 7. The van der Waals surface area contributed by atoms with E-state index in [0.29, 0.717) is 6.42 Å². The summed E-state index contributed by atoms with van der Waals surface area (Å²) < 4.78 is 5.67. The number of hydrogen-bond acceptors (Lipinski definition) is 2. The molecule has 4 unspecified atom stereocenters. The average molecular weight is 349 g/mol. The Labute approximate surface area is 155 Å². The number of carbonyl (C=O) groups is 1. The van der Waals surface area contributed by atoms with Crippen LogP contribution >= 0.6 is 0 Å². The molecule has 0 bridgehead atoms. The van der Waals surface area contributed by atoms with Crippen molar-refractivity contribution >= 4 is 5.97 Å². The minimum absolute atomic E-state index is 0.000664. The summed E-state index contributed by atoms with van der Waals surface area (Å²) in [6, 6.07) is 0. The predicted octanol–water partition coefficient (Wildman–Crippen LogP) is 6.52. The molecule has 0 aliphatic heterocycles. The first-order chi connectivity index (χ1) is 12.2. The van der Waals surface area contributed by atoms with Crippen LogP contribution in [0.1, 0.15) is 104 Å². The molecule has 2 nitrogen and oxygen atoms in total. The van der Waals surface area contributed by atoms with Crippen molar-refractivity contribution in [1.29, 1.82) is 0 Å². The fourth-order valence-corrected chi connectivity index (χ4v) is 6.35. The molecule has 3 aliphatic carbocycles. The summed E-state index contributed by atoms with van der Waals surface area (Å²) in [5, 5.41) is 0. The van der Waals surface area contributed by atoms with Crippen LogP contribution in [0.5, 0.6) is 0 Å². The molecule has 0 aromatic rings. The minimum atomic E-state index is 0.000664. The molecule has 0 aromatic carbocycles. The summed E-state index contributed by atoms with van der Waals surface area (Å²) >= 11 is 0. The second kappa shape index (κ2) is 9.42. The molecule has 0 amide bonds. The van der Waals surface area contributed by atoms with Gasteiger partial charge in [0, 0.05) is 6.42 Å². The van der Waals surface area contributed by atoms with Crippen molar-refractivity contribution in [3.8, 4) is 0 Å². The van der Waals surface area contributed by atoms with Crippen molar-refractivity contribution in [1.82, 2.24) is 0 Å². The fraction of sp³-hybridized carbons (Fsp3) is 0.957. The number of ether oxygens (including phenoxy) is 1. The molecule has 6 atom stereocenters. The largest absolute Gasteiger partial charge is 0.462 e. The Kier molecular flexibility index (Phi) is 7.25. The number of carbonyl (C=O) groups excluding carboxylic acids is 1. The monoisotopic (exact) mass is 348 g/mol. The maximum Gasteiger partial charge on any atom is 0.305 e. The summed E-state index contributed by atoms with van der Waals surface area (Å²) in [5.74, 6) is 4.81. The van der Waals surface area contributed by atoms with Gasteiger partial charge in [-0.05, 0) is 74.5 Å². The summed E-state index contributed by atoms with van der Waals surface area (Å²) in [6.07, 6.45) is 18.9. The standard InChI is InChI=1S/C23H40O2/c1-3-5-6-7-8-17-9-13-21-18(15-17)10-11-19-16-20(12-14-22(19)21)25-23(24)4-2/h17-22H,3-16H2,1-2H3/t17-,18?,19?,20-,21?,22?/m1/s1. The predicted molar refractivity (Wildman–Crippen MR) is 103 cm³/mol. The maximum absolute atomic E-state index is 11.6. The van der Waals surface area contributed by atoms with Crippen LogP contribution in [0.15, 0.2) is 0 Å². The lowest BCUT2D eigenvalue weighted by atomic mass is 9.56. The molecule has 3 rings (SSSR count). The Balaban J connectivity index is 1.46. The number of fused-ring (bicyclic) bond motifs is 3. The number of esters is 1. The van der Waals surface area contributed by atoms with E-state index in [0.717, 1.165) is 42.4 Å². The smallest absolute Gasteiger partial charge is 0.305 e. The molecule has 0 spiro atoms. The molecule has 0 N–H and O–H groups in total. The van der Waals surface area contributed by atoms with E-state index in [9.17, 15) is 4.79 Å². The number of unbranched alkanes of at least 4 members (excludes halogenated alkanes) is 3. The zero-order valence-electron chi connectivity index (χ0n) is 16.7. The van der Waals surface area contributed by atoms with E-state index in [-0.39, 0.29) is 12.1 Å². The van der Waals surface area contributed by atoms with Crippen LogP contribution < -0.4 is 0 Å². The highest BCUT2D eigenvalue weighted by molar-refractivity contribution is 5.69. The van der Waals surface area contributed by atoms with Gasteiger partial charge in [0.05, 0.1) is 0 Å². The molecule has 144 valence electrons. The first-order valence-electron chi connectivity index (χ1n) is 11.4. The summed E-state index contributed by atoms with van der Waals surface area (Å²) in [6.45, 7) is 4.21. The Bertz CT molecular complexity index is 418. The van der Waals surface area contributed by atoms with E-state index in [1.807, 2.05) is 6.92 Å². The topological polar surface area (TPSA) is 26.3 Å². The highest BCUT2D eigenvalue weighted by atomic mass is 16.5. The Morgan fingerprint density at radius 3 is 2.28 bits per heavy atom. The van der Waals surface area contributed by atoms with Crippen molar-refractivity contribution in [2.75, 3.05) is 0 Å². The summed E-state index contributed by atoms with van der Waals surface area (Å²) in [7, 11) is 0. The van der Waals surface area contributed by atoms with Crippen LogP contribution in [0.4, 0.5) is 0 Å². The molecular weight excluding hydrogens is 308 g/mol. The van der Waals surface area contributed by atoms with Crippen molar-refractivity contribution in [3.63, 3.8) is 0 Å². The quantitative estimate of drug-likeness (QED) is 0.386. The second-order valence-corrected chi connectivity index (χ2v) is 9.23. The lowest BCUT2D eigenvalue weighted by molar-refractivity contribution is -0.153. The van der Waals surface area contributed by atoms with Gasteiger partial charge in [0.1, 0.15) is 6.10 Å². The van der Waals surface area contributed by atoms with Gasteiger partial charge < -0.3 is 4.74 Å². The first kappa shape index (κ1) is 19.2. The highest BCUT2D eigenvalue weighted by Crippen LogP contribution is 2.53. The molecular formula is C23H40O2. The van der Waals surface area contributed by atoms with Gasteiger partial charge in [-0.1, -0.05) is 52.4 Å². The van der Waals surface area contributed by atoms with Gasteiger partial charge in [0.15, 0.2) is 0 Å². The third kappa shape index (κ3) is 5.01. The minimum Gasteiger partial charge on any atom is -0.462 e. The highest BCUT2D eigenvalue weighted by Gasteiger charge is 2.44. The van der Waals surface area contributed by atoms with Crippen LogP contribution in [-0.4, -0.2) is 12.1 Å². The molecule has 3 saturated carbocycles. The molecule has 3 fully saturated rings. The van der Waals surface area contributed by atoms with Crippen LogP contribution in [0.3, 0.4) is 0 Å². The lowest BCUT2D eigenvalue weighted by Gasteiger charge is -2.50. The second-order valence-electron chi connectivity index (χ2n) is 9.23. The normalized spacial score (nSPS) is 37.8. The lowest BCUT2D eigenvalue weighted by Crippen LogP contribution is -2.43. The SMILES string of the molecule is CCCCCC[C@@H]1CCC2C(CCC3C[C@H](OC(=O)CC)CCC32)C1. The summed E-state index contributed by atoms with van der Waals surface area (Å²) in [5.41, 5.74) is 0. The molecule has 25 heavy (non-hydrogen) atoms. The van der Waals surface area contributed by atoms with Gasteiger partial charge in [-0.2, -0.15) is 0 Å². The van der Waals surface area contributed by atoms with Crippen LogP contribution in [0.25, 0.3) is 0 Å². The average Bonchev–Trinajstić information content (AvgIpc) is 2.64. The Morgan fingerprint density at radius 2 is 1.56 bits per heavy atom. The van der Waals surface area contributed by atoms with Crippen molar-refractivity contribution in [2.45, 2.75) is 110 Å². The van der Waals surface area contributed by atoms with Crippen molar-refractivity contribution < 1.29 is 9.53 Å². The van der Waals surface area contributed by atoms with Gasteiger partial charge in [0.2, 0.25) is 0 Å². The zero-order chi connectivity index (χ0) is 17.6. The zero-order valence-corrected chi connectivity index (χ0v) is 16.7. The Morgan fingerprint density at radius 1 is 0.840 bits per heavy atom. The third-order valence-corrected chi connectivity index (χ3v) is 7.65. The molecule has 2 heteroatoms. The first-order valence-corrected chi connectivity index (χ1v) is 11.4. The van der Waals surface area contributed by atoms with E-state index in [4.69, 9.17) is 4.74 Å². The van der Waals surface area contributed by atoms with Crippen LogP contribution in [-0.2, 0) is 9.53 Å². The molecule has 0 saturated heterocycles. The van der Waals surface area contributed by atoms with E-state index in [2.05, 4.69) is 6.92 Å². The summed E-state index contributed by atoms with van der Waals surface area (Å²) in [4.78, 5) is 11.6. The molecule has 3 aliphatic rings. The van der Waals surface area contributed by atoms with Crippen molar-refractivity contribution in [2.24, 2.45) is 29.6 Å². The van der Waals surface area contributed by atoms with Gasteiger partial charge in [0.25, 0.3) is 0 Å². The van der Waals surface area contributed by atoms with E-state index < -0.39 is 0 Å². The van der Waals surface area contributed by atoms with Gasteiger partial charge in [-0.3, -0.25) is 4.79 Å². The van der Waals surface area contributed by atoms with Crippen LogP contribution in [0.2, 0.25) is 0 Å². The van der Waals surface area contributed by atoms with Gasteiger partial charge in [-0.25, -0.2) is 0 Å².